The second kappa shape index (κ2) is 6.27. The Morgan fingerprint density at radius 2 is 2.30 bits per heavy atom. The Labute approximate surface area is 117 Å². The molecule has 1 aromatic carbocycles. The summed E-state index contributed by atoms with van der Waals surface area (Å²) in [4.78, 5) is 22.0. The van der Waals surface area contributed by atoms with Crippen LogP contribution in [0.5, 0.6) is 0 Å². The van der Waals surface area contributed by atoms with Crippen molar-refractivity contribution in [1.29, 1.82) is 0 Å². The molecule has 20 heavy (non-hydrogen) atoms. The number of hydrazone groups is 1. The Morgan fingerprint density at radius 1 is 1.50 bits per heavy atom. The maximum absolute atomic E-state index is 11.9. The van der Waals surface area contributed by atoms with Gasteiger partial charge in [-0.1, -0.05) is 13.0 Å². The van der Waals surface area contributed by atoms with Gasteiger partial charge < -0.3 is 0 Å². The summed E-state index contributed by atoms with van der Waals surface area (Å²) in [6.07, 6.45) is 4.08. The Kier molecular flexibility index (Phi) is 4.45. The van der Waals surface area contributed by atoms with Crippen LogP contribution in [-0.2, 0) is 0 Å². The van der Waals surface area contributed by atoms with E-state index in [0.717, 1.165) is 25.0 Å². The number of nitrogens with zero attached hydrogens (tertiary/aromatic N) is 2. The van der Waals surface area contributed by atoms with Crippen LogP contribution in [-0.4, -0.2) is 16.5 Å². The first-order chi connectivity index (χ1) is 9.56. The van der Waals surface area contributed by atoms with E-state index in [4.69, 9.17) is 0 Å². The van der Waals surface area contributed by atoms with Crippen LogP contribution in [0, 0.1) is 16.0 Å². The van der Waals surface area contributed by atoms with E-state index in [1.54, 1.807) is 0 Å². The van der Waals surface area contributed by atoms with E-state index in [1.807, 2.05) is 0 Å². The van der Waals surface area contributed by atoms with E-state index in [-0.39, 0.29) is 11.3 Å². The molecule has 0 spiro atoms. The largest absolute Gasteiger partial charge is 0.271 e. The average molecular weight is 275 g/mol. The zero-order valence-corrected chi connectivity index (χ0v) is 11.3. The zero-order chi connectivity index (χ0) is 14.5. The van der Waals surface area contributed by atoms with Crippen LogP contribution < -0.4 is 5.43 Å². The number of nitro groups is 1. The first kappa shape index (κ1) is 14.2. The predicted octanol–water partition coefficient (Wildman–Crippen LogP) is 2.89. The molecule has 1 aliphatic rings. The van der Waals surface area contributed by atoms with Crippen molar-refractivity contribution in [3.8, 4) is 0 Å². The molecule has 106 valence electrons. The lowest BCUT2D eigenvalue weighted by molar-refractivity contribution is -0.384. The van der Waals surface area contributed by atoms with Crippen molar-refractivity contribution < 1.29 is 9.72 Å². The molecule has 0 aromatic heterocycles. The molecule has 0 saturated heterocycles. The molecule has 0 bridgehead atoms. The summed E-state index contributed by atoms with van der Waals surface area (Å²) < 4.78 is 0. The van der Waals surface area contributed by atoms with E-state index < -0.39 is 10.8 Å². The third-order valence-corrected chi connectivity index (χ3v) is 3.38. The minimum absolute atomic E-state index is 0.100. The van der Waals surface area contributed by atoms with Gasteiger partial charge in [-0.3, -0.25) is 14.9 Å². The molecule has 0 unspecified atom stereocenters. The molecule has 1 aliphatic carbocycles. The topological polar surface area (TPSA) is 84.6 Å². The van der Waals surface area contributed by atoms with Crippen LogP contribution in [0.1, 0.15) is 43.0 Å². The van der Waals surface area contributed by atoms with Crippen LogP contribution >= 0.6 is 0 Å². The molecule has 0 radical (unpaired) electrons. The summed E-state index contributed by atoms with van der Waals surface area (Å²) >= 11 is 0. The fourth-order valence-electron chi connectivity index (χ4n) is 2.32. The summed E-state index contributed by atoms with van der Waals surface area (Å²) in [6, 6.07) is 5.62. The second-order valence-corrected chi connectivity index (χ2v) is 5.13. The van der Waals surface area contributed by atoms with Gasteiger partial charge in [0.25, 0.3) is 11.6 Å². The quantitative estimate of drug-likeness (QED) is 0.680. The molecule has 1 N–H and O–H groups in total. The maximum atomic E-state index is 11.9. The summed E-state index contributed by atoms with van der Waals surface area (Å²) in [5.41, 5.74) is 3.61. The fourth-order valence-corrected chi connectivity index (χ4v) is 2.32. The summed E-state index contributed by atoms with van der Waals surface area (Å²) in [5, 5.41) is 14.8. The Morgan fingerprint density at radius 3 is 3.00 bits per heavy atom. The van der Waals surface area contributed by atoms with Crippen molar-refractivity contribution in [3.63, 3.8) is 0 Å². The Bertz CT molecular complexity index is 554. The van der Waals surface area contributed by atoms with E-state index in [2.05, 4.69) is 17.5 Å². The lowest BCUT2D eigenvalue weighted by Crippen LogP contribution is -2.22. The molecular weight excluding hydrogens is 258 g/mol. The highest BCUT2D eigenvalue weighted by Gasteiger charge is 2.15. The third kappa shape index (κ3) is 3.63. The molecule has 1 saturated carbocycles. The number of hydrogen-bond donors (Lipinski definition) is 1. The van der Waals surface area contributed by atoms with Gasteiger partial charge in [-0.05, 0) is 37.7 Å². The Balaban J connectivity index is 2.03. The first-order valence-corrected chi connectivity index (χ1v) is 6.66. The lowest BCUT2D eigenvalue weighted by Gasteiger charge is -2.18. The van der Waals surface area contributed by atoms with Crippen LogP contribution in [0.15, 0.2) is 29.4 Å². The van der Waals surface area contributed by atoms with Crippen LogP contribution in [0.2, 0.25) is 0 Å². The summed E-state index contributed by atoms with van der Waals surface area (Å²) in [6.45, 7) is 2.16. The number of nitro benzene ring substituents is 1. The number of carbonyl (C=O) groups excluding carboxylic acids is 1. The minimum Gasteiger partial charge on any atom is -0.267 e. The minimum atomic E-state index is -0.522. The summed E-state index contributed by atoms with van der Waals surface area (Å²) in [5.74, 6) is 0.177. The van der Waals surface area contributed by atoms with Crippen molar-refractivity contribution in [1.82, 2.24) is 5.43 Å². The average Bonchev–Trinajstić information content (AvgIpc) is 2.45. The first-order valence-electron chi connectivity index (χ1n) is 6.66. The molecule has 1 fully saturated rings. The van der Waals surface area contributed by atoms with Gasteiger partial charge in [-0.15, -0.1) is 0 Å². The SMILES string of the molecule is C[C@@H]1CCCC(=NNC(=O)c2cccc([N+](=O)[O-])c2)C1. The number of amides is 1. The zero-order valence-electron chi connectivity index (χ0n) is 11.3. The molecule has 2 rings (SSSR count). The van der Waals surface area contributed by atoms with Gasteiger partial charge in [0.15, 0.2) is 0 Å². The number of rotatable bonds is 3. The molecule has 6 heteroatoms. The van der Waals surface area contributed by atoms with Crippen LogP contribution in [0.3, 0.4) is 0 Å². The molecule has 1 amide bonds. The Hall–Kier alpha value is -2.24. The summed E-state index contributed by atoms with van der Waals surface area (Å²) in [7, 11) is 0. The highest BCUT2D eigenvalue weighted by Crippen LogP contribution is 2.21. The molecular formula is C14H17N3O3. The van der Waals surface area contributed by atoms with Gasteiger partial charge in [-0.2, -0.15) is 5.10 Å². The van der Waals surface area contributed by atoms with Crippen molar-refractivity contribution in [3.05, 3.63) is 39.9 Å². The van der Waals surface area contributed by atoms with Gasteiger partial charge in [0.1, 0.15) is 0 Å². The van der Waals surface area contributed by atoms with E-state index in [0.29, 0.717) is 5.92 Å². The molecule has 0 aliphatic heterocycles. The van der Waals surface area contributed by atoms with Crippen molar-refractivity contribution in [2.75, 3.05) is 0 Å². The van der Waals surface area contributed by atoms with Gasteiger partial charge in [0, 0.05) is 23.4 Å². The van der Waals surface area contributed by atoms with Gasteiger partial charge in [0.05, 0.1) is 4.92 Å². The second-order valence-electron chi connectivity index (χ2n) is 5.13. The van der Waals surface area contributed by atoms with E-state index in [1.165, 1.54) is 30.7 Å². The van der Waals surface area contributed by atoms with Crippen molar-refractivity contribution >= 4 is 17.3 Å². The number of carbonyl (C=O) groups is 1. The van der Waals surface area contributed by atoms with E-state index >= 15 is 0 Å². The number of benzene rings is 1. The lowest BCUT2D eigenvalue weighted by atomic mass is 9.89. The third-order valence-electron chi connectivity index (χ3n) is 3.38. The van der Waals surface area contributed by atoms with Crippen molar-refractivity contribution in [2.24, 2.45) is 11.0 Å². The smallest absolute Gasteiger partial charge is 0.267 e. The normalized spacial score (nSPS) is 20.6. The van der Waals surface area contributed by atoms with Gasteiger partial charge in [0.2, 0.25) is 0 Å². The molecule has 0 heterocycles. The molecule has 1 aromatic rings. The van der Waals surface area contributed by atoms with E-state index in [9.17, 15) is 14.9 Å². The highest BCUT2D eigenvalue weighted by molar-refractivity contribution is 5.96. The standard InChI is InChI=1S/C14H17N3O3/c1-10-4-2-6-12(8-10)15-16-14(18)11-5-3-7-13(9-11)17(19)20/h3,5,7,9-10H,2,4,6,8H2,1H3,(H,16,18)/t10-/m1/s1. The maximum Gasteiger partial charge on any atom is 0.271 e. The molecule has 6 nitrogen and oxygen atoms in total. The van der Waals surface area contributed by atoms with Crippen molar-refractivity contribution in [2.45, 2.75) is 32.6 Å². The van der Waals surface area contributed by atoms with Crippen LogP contribution in [0.25, 0.3) is 0 Å². The highest BCUT2D eigenvalue weighted by atomic mass is 16.6. The van der Waals surface area contributed by atoms with Crippen LogP contribution in [0.4, 0.5) is 5.69 Å². The van der Waals surface area contributed by atoms with Gasteiger partial charge in [-0.25, -0.2) is 5.43 Å². The number of non-ortho nitro benzene ring substituents is 1. The van der Waals surface area contributed by atoms with Gasteiger partial charge >= 0.3 is 0 Å². The fraction of sp³-hybridized carbons (Fsp3) is 0.429. The monoisotopic (exact) mass is 275 g/mol. The molecule has 1 atom stereocenters. The number of hydrogen-bond acceptors (Lipinski definition) is 4. The number of nitrogens with one attached hydrogen (secondary N) is 1. The predicted molar refractivity (Wildman–Crippen MR) is 75.6 cm³/mol.